The number of primary amides is 1. The maximum Gasteiger partial charge on any atom is 0.341 e. The largest absolute Gasteiger partial charge is 0.381 e. The minimum absolute atomic E-state index is 0.398. The molecule has 2 aromatic carbocycles. The molecule has 0 saturated carbocycles. The van der Waals surface area contributed by atoms with Crippen molar-refractivity contribution in [2.24, 2.45) is 5.73 Å². The summed E-state index contributed by atoms with van der Waals surface area (Å²) in [7, 11) is -4.58. The van der Waals surface area contributed by atoms with Gasteiger partial charge in [0, 0.05) is 17.8 Å². The summed E-state index contributed by atoms with van der Waals surface area (Å²) in [5.41, 5.74) is 7.00. The van der Waals surface area contributed by atoms with Crippen molar-refractivity contribution in [3.63, 3.8) is 0 Å². The van der Waals surface area contributed by atoms with E-state index in [1.807, 2.05) is 0 Å². The van der Waals surface area contributed by atoms with E-state index in [9.17, 15) is 22.0 Å². The summed E-state index contributed by atoms with van der Waals surface area (Å²) >= 11 is 0. The van der Waals surface area contributed by atoms with Gasteiger partial charge in [0.25, 0.3) is 0 Å². The highest BCUT2D eigenvalue weighted by Gasteiger charge is 2.26. The van der Waals surface area contributed by atoms with Crippen LogP contribution in [0.2, 0.25) is 0 Å². The lowest BCUT2D eigenvalue weighted by molar-refractivity contribution is 0.100. The molecule has 122 valence electrons. The van der Waals surface area contributed by atoms with Crippen LogP contribution in [0.5, 0.6) is 0 Å². The lowest BCUT2D eigenvalue weighted by Crippen LogP contribution is -2.11. The molecular weight excluding hydrogens is 326 g/mol. The minimum Gasteiger partial charge on any atom is -0.381 e. The van der Waals surface area contributed by atoms with Crippen LogP contribution in [-0.2, 0) is 16.4 Å². The van der Waals surface area contributed by atoms with E-state index in [0.717, 1.165) is 17.7 Å². The molecule has 0 heterocycles. The molecule has 0 unspecified atom stereocenters. The van der Waals surface area contributed by atoms with Crippen LogP contribution < -0.4 is 11.1 Å². The Bertz CT molecular complexity index is 788. The Labute approximate surface area is 132 Å². The topological polar surface area (TPSA) is 89.3 Å². The number of anilines is 1. The number of halogens is 2. The highest BCUT2D eigenvalue weighted by atomic mass is 32.2. The van der Waals surface area contributed by atoms with Crippen LogP contribution in [-0.4, -0.2) is 20.1 Å². The Morgan fingerprint density at radius 3 is 2.09 bits per heavy atom. The summed E-state index contributed by atoms with van der Waals surface area (Å²) in [4.78, 5) is 10.5. The van der Waals surface area contributed by atoms with Crippen LogP contribution in [0.15, 0.2) is 53.4 Å². The van der Waals surface area contributed by atoms with Crippen molar-refractivity contribution in [1.29, 1.82) is 0 Å². The fraction of sp³-hybridized carbons (Fsp3) is 0.133. The quantitative estimate of drug-likeness (QED) is 0.845. The van der Waals surface area contributed by atoms with Gasteiger partial charge in [-0.3, -0.25) is 4.79 Å². The van der Waals surface area contributed by atoms with Crippen molar-refractivity contribution >= 4 is 21.4 Å². The Morgan fingerprint density at radius 2 is 1.61 bits per heavy atom. The summed E-state index contributed by atoms with van der Waals surface area (Å²) in [5.74, 6) is -3.95. The van der Waals surface area contributed by atoms with Gasteiger partial charge in [-0.1, -0.05) is 12.1 Å². The smallest absolute Gasteiger partial charge is 0.341 e. The number of sulfone groups is 1. The van der Waals surface area contributed by atoms with Crippen LogP contribution in [0.1, 0.15) is 15.9 Å². The number of hydrogen-bond donors (Lipinski definition) is 2. The molecule has 5 nitrogen and oxygen atoms in total. The normalized spacial score (nSPS) is 11.4. The highest BCUT2D eigenvalue weighted by molar-refractivity contribution is 7.91. The Kier molecular flexibility index (Phi) is 4.95. The van der Waals surface area contributed by atoms with Crippen molar-refractivity contribution in [2.45, 2.75) is 17.2 Å². The SMILES string of the molecule is NC(=O)c1ccc(CNc2ccc(S(=O)(=O)C(F)F)cc2)cc1. The van der Waals surface area contributed by atoms with Gasteiger partial charge < -0.3 is 11.1 Å². The summed E-state index contributed by atoms with van der Waals surface area (Å²) in [6.07, 6.45) is 0. The second-order valence-corrected chi connectivity index (χ2v) is 6.66. The van der Waals surface area contributed by atoms with E-state index >= 15 is 0 Å². The molecule has 0 bridgehead atoms. The minimum atomic E-state index is -4.58. The first kappa shape index (κ1) is 16.9. The van der Waals surface area contributed by atoms with Gasteiger partial charge in [0.15, 0.2) is 0 Å². The number of hydrogen-bond acceptors (Lipinski definition) is 4. The molecule has 2 aromatic rings. The predicted molar refractivity (Wildman–Crippen MR) is 81.9 cm³/mol. The first-order valence-corrected chi connectivity index (χ1v) is 8.10. The fourth-order valence-corrected chi connectivity index (χ4v) is 2.58. The average molecular weight is 340 g/mol. The zero-order valence-electron chi connectivity index (χ0n) is 11.9. The molecule has 0 aliphatic carbocycles. The molecule has 3 N–H and O–H groups in total. The van der Waals surface area contributed by atoms with Crippen LogP contribution in [0, 0.1) is 0 Å². The lowest BCUT2D eigenvalue weighted by Gasteiger charge is -2.08. The monoisotopic (exact) mass is 340 g/mol. The second-order valence-electron chi connectivity index (χ2n) is 4.74. The van der Waals surface area contributed by atoms with Gasteiger partial charge in [-0.15, -0.1) is 0 Å². The van der Waals surface area contributed by atoms with Gasteiger partial charge >= 0.3 is 5.76 Å². The number of amides is 1. The van der Waals surface area contributed by atoms with E-state index < -0.39 is 26.4 Å². The molecular formula is C15H14F2N2O3S. The van der Waals surface area contributed by atoms with Crippen molar-refractivity contribution in [1.82, 2.24) is 0 Å². The maximum absolute atomic E-state index is 12.4. The molecule has 1 amide bonds. The van der Waals surface area contributed by atoms with E-state index in [4.69, 9.17) is 5.73 Å². The number of benzene rings is 2. The van der Waals surface area contributed by atoms with Gasteiger partial charge in [-0.2, -0.15) is 8.78 Å². The van der Waals surface area contributed by atoms with Crippen molar-refractivity contribution < 1.29 is 22.0 Å². The van der Waals surface area contributed by atoms with Crippen molar-refractivity contribution in [2.75, 3.05) is 5.32 Å². The average Bonchev–Trinajstić information content (AvgIpc) is 2.53. The van der Waals surface area contributed by atoms with Gasteiger partial charge in [0.1, 0.15) is 0 Å². The van der Waals surface area contributed by atoms with Crippen LogP contribution >= 0.6 is 0 Å². The zero-order valence-corrected chi connectivity index (χ0v) is 12.7. The van der Waals surface area contributed by atoms with Gasteiger partial charge in [-0.05, 0) is 42.0 Å². The molecule has 0 saturated heterocycles. The van der Waals surface area contributed by atoms with Crippen molar-refractivity contribution in [3.05, 3.63) is 59.7 Å². The predicted octanol–water partition coefficient (Wildman–Crippen LogP) is 2.39. The molecule has 0 aromatic heterocycles. The van der Waals surface area contributed by atoms with Crippen LogP contribution in [0.25, 0.3) is 0 Å². The van der Waals surface area contributed by atoms with Crippen LogP contribution in [0.3, 0.4) is 0 Å². The molecule has 0 aliphatic heterocycles. The number of nitrogens with one attached hydrogen (secondary N) is 1. The standard InChI is InChI=1S/C15H14F2N2O3S/c16-15(17)23(21,22)13-7-5-12(6-8-13)19-9-10-1-3-11(4-2-10)14(18)20/h1-8,15,19H,9H2,(H2,18,20). The summed E-state index contributed by atoms with van der Waals surface area (Å²) in [5, 5.41) is 3.02. The number of alkyl halides is 2. The number of carbonyl (C=O) groups excluding carboxylic acids is 1. The van der Waals surface area contributed by atoms with E-state index in [-0.39, 0.29) is 0 Å². The molecule has 2 rings (SSSR count). The first-order valence-electron chi connectivity index (χ1n) is 6.55. The summed E-state index contributed by atoms with van der Waals surface area (Å²) in [6.45, 7) is 0.417. The number of rotatable bonds is 6. The summed E-state index contributed by atoms with van der Waals surface area (Å²) in [6, 6.07) is 11.7. The van der Waals surface area contributed by atoms with Gasteiger partial charge in [-0.25, -0.2) is 8.42 Å². The second kappa shape index (κ2) is 6.74. The first-order chi connectivity index (χ1) is 10.8. The van der Waals surface area contributed by atoms with Crippen LogP contribution in [0.4, 0.5) is 14.5 Å². The Balaban J connectivity index is 2.03. The fourth-order valence-electron chi connectivity index (χ4n) is 1.86. The molecule has 8 heteroatoms. The van der Waals surface area contributed by atoms with E-state index in [1.54, 1.807) is 24.3 Å². The lowest BCUT2D eigenvalue weighted by atomic mass is 10.1. The van der Waals surface area contributed by atoms with Gasteiger partial charge in [0.2, 0.25) is 15.7 Å². The Hall–Kier alpha value is -2.48. The molecule has 0 atom stereocenters. The summed E-state index contributed by atoms with van der Waals surface area (Å²) < 4.78 is 47.4. The molecule has 0 radical (unpaired) electrons. The van der Waals surface area contributed by atoms with Gasteiger partial charge in [0.05, 0.1) is 4.90 Å². The van der Waals surface area contributed by atoms with Crippen molar-refractivity contribution in [3.8, 4) is 0 Å². The van der Waals surface area contributed by atoms with E-state index in [1.165, 1.54) is 12.1 Å². The molecule has 0 aliphatic rings. The number of carbonyl (C=O) groups is 1. The molecule has 0 fully saturated rings. The van der Waals surface area contributed by atoms with E-state index in [0.29, 0.717) is 17.8 Å². The Morgan fingerprint density at radius 1 is 1.04 bits per heavy atom. The zero-order chi connectivity index (χ0) is 17.0. The van der Waals surface area contributed by atoms with E-state index in [2.05, 4.69) is 5.32 Å². The molecule has 23 heavy (non-hydrogen) atoms. The highest BCUT2D eigenvalue weighted by Crippen LogP contribution is 2.20. The third kappa shape index (κ3) is 4.04. The third-order valence-electron chi connectivity index (χ3n) is 3.15. The number of nitrogens with two attached hydrogens (primary N) is 1. The molecule has 0 spiro atoms. The third-order valence-corrected chi connectivity index (χ3v) is 4.55. The maximum atomic E-state index is 12.4.